The van der Waals surface area contributed by atoms with Crippen molar-refractivity contribution in [1.29, 1.82) is 0 Å². The number of hydrogen-bond acceptors (Lipinski definition) is 0. The Bertz CT molecular complexity index is 1360. The van der Waals surface area contributed by atoms with Crippen LogP contribution in [0.2, 0.25) is 0 Å². The normalized spacial score (nSPS) is 8.54. The third-order valence-corrected chi connectivity index (χ3v) is 11.0. The van der Waals surface area contributed by atoms with Gasteiger partial charge < -0.3 is 12.4 Å². The number of benzene rings is 6. The Morgan fingerprint density at radius 1 is 0.250 bits per heavy atom. The average Bonchev–Trinajstić information content (AvgIpc) is 3.18. The van der Waals surface area contributed by atoms with Gasteiger partial charge in [0.05, 0.1) is 0 Å². The zero-order chi connectivity index (χ0) is 33.8. The van der Waals surface area contributed by atoms with E-state index in [1.54, 1.807) is 0 Å². The maximum atomic E-state index is 7.50. The average molecular weight is 727 g/mol. The molecule has 0 aromatic heterocycles. The van der Waals surface area contributed by atoms with Crippen LogP contribution in [-0.4, -0.2) is 0 Å². The van der Waals surface area contributed by atoms with Gasteiger partial charge in [0.25, 0.3) is 0 Å². The summed E-state index contributed by atoms with van der Waals surface area (Å²) in [6, 6.07) is 64.7. The van der Waals surface area contributed by atoms with Crippen molar-refractivity contribution < 1.29 is 48.1 Å². The Hall–Kier alpha value is -4.05. The van der Waals surface area contributed by atoms with Crippen LogP contribution in [-0.2, 0) is 35.7 Å². The van der Waals surface area contributed by atoms with Crippen LogP contribution in [0.3, 0.4) is 0 Å². The maximum absolute atomic E-state index is 7.50. The Labute approximate surface area is 302 Å². The van der Waals surface area contributed by atoms with E-state index < -0.39 is 15.8 Å². The third kappa shape index (κ3) is 15.2. The molecule has 48 heavy (non-hydrogen) atoms. The van der Waals surface area contributed by atoms with Gasteiger partial charge in [0.1, 0.15) is 0 Å². The molecule has 1 radical (unpaired) electrons. The second kappa shape index (κ2) is 30.3. The van der Waals surface area contributed by atoms with Gasteiger partial charge >= 0.3 is 45.2 Å². The third-order valence-electron chi connectivity index (χ3n) is 6.09. The van der Waals surface area contributed by atoms with Gasteiger partial charge in [-0.1, -0.05) is 182 Å². The molecule has 6 rings (SSSR count). The summed E-state index contributed by atoms with van der Waals surface area (Å²) < 4.78 is 30.0. The monoisotopic (exact) mass is 726 g/mol. The summed E-state index contributed by atoms with van der Waals surface area (Å²) in [4.78, 5) is 0. The predicted octanol–water partition coefficient (Wildman–Crippen LogP) is 3.74. The van der Waals surface area contributed by atoms with Crippen LogP contribution in [0.15, 0.2) is 182 Å². The van der Waals surface area contributed by atoms with E-state index in [4.69, 9.17) is 18.6 Å². The Kier molecular flexibility index (Phi) is 29.1. The molecule has 6 aromatic rings. The van der Waals surface area contributed by atoms with E-state index in [9.17, 15) is 0 Å². The van der Waals surface area contributed by atoms with Crippen molar-refractivity contribution in [2.75, 3.05) is 0 Å². The van der Waals surface area contributed by atoms with E-state index in [1.807, 2.05) is 0 Å². The minimum Gasteiger partial charge on any atom is -1.00 e. The fourth-order valence-electron chi connectivity index (χ4n) is 4.36. The van der Waals surface area contributed by atoms with E-state index in [-0.39, 0.29) is 29.5 Å². The number of hydrogen-bond donors (Lipinski definition) is 0. The van der Waals surface area contributed by atoms with Crippen LogP contribution in [0.5, 0.6) is 0 Å². The molecule has 0 heterocycles. The van der Waals surface area contributed by atoms with Crippen molar-refractivity contribution >= 4 is 47.7 Å². The molecule has 0 aliphatic carbocycles. The molecule has 4 nitrogen and oxygen atoms in total. The van der Waals surface area contributed by atoms with Crippen molar-refractivity contribution in [3.63, 3.8) is 0 Å². The molecule has 0 bridgehead atoms. The molecule has 0 saturated heterocycles. The van der Waals surface area contributed by atoms with Crippen LogP contribution in [0, 0.1) is 26.6 Å². The Morgan fingerprint density at radius 3 is 0.458 bits per heavy atom. The molecule has 0 amide bonds. The molecule has 0 atom stereocenters. The first kappa shape index (κ1) is 46.1. The van der Waals surface area contributed by atoms with Gasteiger partial charge in [-0.25, -0.2) is 0 Å². The van der Waals surface area contributed by atoms with Crippen LogP contribution < -0.4 is 44.2 Å². The molecule has 0 unspecified atom stereocenters. The van der Waals surface area contributed by atoms with Crippen molar-refractivity contribution in [3.05, 3.63) is 209 Å². The first-order chi connectivity index (χ1) is 22.9. The number of rotatable bonds is 6. The quantitative estimate of drug-likeness (QED) is 0.109. The van der Waals surface area contributed by atoms with Gasteiger partial charge in [-0.05, 0) is 47.7 Å². The fourth-order valence-corrected chi connectivity index (χ4v) is 8.97. The molecule has 0 spiro atoms. The fraction of sp³-hybridized carbons (Fsp3) is 0. The van der Waals surface area contributed by atoms with Crippen LogP contribution >= 0.6 is 15.8 Å². The zero-order valence-electron chi connectivity index (χ0n) is 25.6. The molecule has 0 aliphatic heterocycles. The minimum atomic E-state index is -0.446. The van der Waals surface area contributed by atoms with Crippen LogP contribution in [0.4, 0.5) is 0 Å². The van der Waals surface area contributed by atoms with Gasteiger partial charge in [0.2, 0.25) is 0 Å². The van der Waals surface area contributed by atoms with Crippen molar-refractivity contribution in [2.45, 2.75) is 0 Å². The maximum Gasteiger partial charge on any atom is 0 e. The summed E-state index contributed by atoms with van der Waals surface area (Å²) >= 11 is 0. The number of halogens is 1. The van der Waals surface area contributed by atoms with E-state index in [2.05, 4.69) is 209 Å². The Balaban J connectivity index is 0. The van der Waals surface area contributed by atoms with Gasteiger partial charge in [-0.3, -0.25) is 0 Å². The van der Waals surface area contributed by atoms with E-state index in [1.165, 1.54) is 31.8 Å². The van der Waals surface area contributed by atoms with Crippen molar-refractivity contribution in [1.82, 2.24) is 0 Å². The summed E-state index contributed by atoms with van der Waals surface area (Å²) in [5.41, 5.74) is 0. The van der Waals surface area contributed by atoms with Gasteiger partial charge in [0, 0.05) is 17.1 Å². The summed E-state index contributed by atoms with van der Waals surface area (Å²) in [6.07, 6.45) is 0. The Morgan fingerprint density at radius 2 is 0.354 bits per heavy atom. The van der Waals surface area contributed by atoms with Crippen molar-refractivity contribution in [2.24, 2.45) is 0 Å². The van der Waals surface area contributed by atoms with E-state index in [0.717, 1.165) is 0 Å². The molecular formula is C40H30ClMnO4P2-. The standard InChI is InChI=1S/2C18H15P.4CO.ClH.Mn/c2*1-4-10-16(11-5-1)19(17-12-6-2-7-13-17)18-14-8-3-9-15-18;4*1-2;;/h2*1-15H;;;;;1H;/p-1. The van der Waals surface area contributed by atoms with Crippen LogP contribution in [0.25, 0.3) is 0 Å². The van der Waals surface area contributed by atoms with Crippen molar-refractivity contribution in [3.8, 4) is 0 Å². The second-order valence-corrected chi connectivity index (χ2v) is 13.1. The smallest absolute Gasteiger partial charge is 0 e. The zero-order valence-corrected chi connectivity index (χ0v) is 29.3. The molecule has 0 N–H and O–H groups in total. The second-order valence-electron chi connectivity index (χ2n) is 8.68. The van der Waals surface area contributed by atoms with Gasteiger partial charge in [-0.15, -0.1) is 0 Å². The largest absolute Gasteiger partial charge is 1.00 e. The molecule has 0 saturated carbocycles. The molecular weight excluding hydrogens is 697 g/mol. The molecule has 0 fully saturated rings. The summed E-state index contributed by atoms with van der Waals surface area (Å²) in [6.45, 7) is 18.0. The molecule has 0 aliphatic rings. The van der Waals surface area contributed by atoms with Gasteiger partial charge in [-0.2, -0.15) is 0 Å². The predicted molar refractivity (Wildman–Crippen MR) is 186 cm³/mol. The first-order valence-corrected chi connectivity index (χ1v) is 16.3. The summed E-state index contributed by atoms with van der Waals surface area (Å²) in [7, 11) is -0.892. The first-order valence-electron chi connectivity index (χ1n) is 13.6. The summed E-state index contributed by atoms with van der Waals surface area (Å²) in [5, 5.41) is 8.39. The molecule has 239 valence electrons. The van der Waals surface area contributed by atoms with E-state index >= 15 is 0 Å². The molecule has 8 heteroatoms. The van der Waals surface area contributed by atoms with E-state index in [0.29, 0.717) is 0 Å². The topological polar surface area (TPSA) is 79.6 Å². The minimum absolute atomic E-state index is 0. The van der Waals surface area contributed by atoms with Crippen LogP contribution in [0.1, 0.15) is 0 Å². The molecule has 6 aromatic carbocycles. The van der Waals surface area contributed by atoms with Gasteiger partial charge in [0.15, 0.2) is 0 Å². The summed E-state index contributed by atoms with van der Waals surface area (Å²) in [5.74, 6) is 0. The SMILES string of the molecule is [C-]#[O+].[C-]#[O+].[C-]#[O+].[C-]#[O+].[Cl-].[Mn].c1ccc(P(c2ccccc2)c2ccccc2)cc1.c1ccc(P(c2ccccc2)c2ccccc2)cc1.